The number of methoxy groups -OCH3 is 1. The molecular formula is C15H18ClN3O3S. The number of esters is 1. The van der Waals surface area contributed by atoms with Crippen LogP contribution in [0.2, 0.25) is 5.28 Å². The third-order valence-corrected chi connectivity index (χ3v) is 5.17. The molecule has 2 unspecified atom stereocenters. The van der Waals surface area contributed by atoms with Gasteiger partial charge in [-0.2, -0.15) is 4.98 Å². The summed E-state index contributed by atoms with van der Waals surface area (Å²) in [6.07, 6.45) is 0.197. The normalized spacial score (nSPS) is 21.7. The van der Waals surface area contributed by atoms with Gasteiger partial charge >= 0.3 is 5.97 Å². The van der Waals surface area contributed by atoms with Crippen LogP contribution in [-0.4, -0.2) is 48.3 Å². The van der Waals surface area contributed by atoms with Crippen molar-refractivity contribution in [2.45, 2.75) is 33.0 Å². The monoisotopic (exact) mass is 355 g/mol. The second kappa shape index (κ2) is 6.22. The van der Waals surface area contributed by atoms with Crippen molar-refractivity contribution in [3.05, 3.63) is 15.7 Å². The van der Waals surface area contributed by atoms with Crippen LogP contribution in [0.4, 0.5) is 5.82 Å². The van der Waals surface area contributed by atoms with Crippen molar-refractivity contribution in [1.82, 2.24) is 9.97 Å². The molecule has 3 heterocycles. The Morgan fingerprint density at radius 1 is 1.35 bits per heavy atom. The number of carbonyl (C=O) groups excluding carboxylic acids is 1. The number of morpholine rings is 1. The summed E-state index contributed by atoms with van der Waals surface area (Å²) in [6, 6.07) is 0. The quantitative estimate of drug-likeness (QED) is 0.609. The lowest BCUT2D eigenvalue weighted by atomic mass is 10.1. The minimum Gasteiger partial charge on any atom is -0.465 e. The highest BCUT2D eigenvalue weighted by molar-refractivity contribution is 7.20. The van der Waals surface area contributed by atoms with E-state index >= 15 is 0 Å². The number of carbonyl (C=O) groups is 1. The maximum Gasteiger partial charge on any atom is 0.348 e. The zero-order valence-electron chi connectivity index (χ0n) is 13.4. The summed E-state index contributed by atoms with van der Waals surface area (Å²) in [6.45, 7) is 7.39. The Bertz CT molecular complexity index is 754. The highest BCUT2D eigenvalue weighted by atomic mass is 35.5. The molecule has 0 spiro atoms. The summed E-state index contributed by atoms with van der Waals surface area (Å²) in [5, 5.41) is 1.04. The maximum absolute atomic E-state index is 12.0. The van der Waals surface area contributed by atoms with E-state index in [9.17, 15) is 4.79 Å². The molecule has 8 heteroatoms. The second-order valence-electron chi connectivity index (χ2n) is 5.71. The van der Waals surface area contributed by atoms with Gasteiger partial charge in [-0.15, -0.1) is 11.3 Å². The van der Waals surface area contributed by atoms with E-state index in [0.29, 0.717) is 9.71 Å². The lowest BCUT2D eigenvalue weighted by Crippen LogP contribution is -2.46. The molecule has 2 aromatic heterocycles. The van der Waals surface area contributed by atoms with E-state index in [1.165, 1.54) is 18.4 Å². The Labute approximate surface area is 143 Å². The molecule has 2 aromatic rings. The van der Waals surface area contributed by atoms with Gasteiger partial charge in [-0.25, -0.2) is 9.78 Å². The van der Waals surface area contributed by atoms with Gasteiger partial charge in [0, 0.05) is 13.1 Å². The Morgan fingerprint density at radius 2 is 2.00 bits per heavy atom. The van der Waals surface area contributed by atoms with Crippen LogP contribution >= 0.6 is 22.9 Å². The highest BCUT2D eigenvalue weighted by Crippen LogP contribution is 2.37. The number of anilines is 1. The fraction of sp³-hybridized carbons (Fsp3) is 0.533. The third kappa shape index (κ3) is 3.00. The lowest BCUT2D eigenvalue weighted by molar-refractivity contribution is -0.00537. The largest absolute Gasteiger partial charge is 0.465 e. The molecule has 0 saturated carbocycles. The first-order valence-electron chi connectivity index (χ1n) is 7.36. The smallest absolute Gasteiger partial charge is 0.348 e. The summed E-state index contributed by atoms with van der Waals surface area (Å²) < 4.78 is 10.6. The number of ether oxygens (including phenoxy) is 2. The van der Waals surface area contributed by atoms with Gasteiger partial charge in [0.05, 0.1) is 24.7 Å². The predicted molar refractivity (Wildman–Crippen MR) is 90.7 cm³/mol. The summed E-state index contributed by atoms with van der Waals surface area (Å²) >= 11 is 7.38. The highest BCUT2D eigenvalue weighted by Gasteiger charge is 2.28. The van der Waals surface area contributed by atoms with Crippen LogP contribution in [0.3, 0.4) is 0 Å². The first-order chi connectivity index (χ1) is 10.9. The van der Waals surface area contributed by atoms with Gasteiger partial charge in [0.1, 0.15) is 15.5 Å². The Balaban J connectivity index is 2.16. The van der Waals surface area contributed by atoms with Crippen LogP contribution < -0.4 is 4.90 Å². The van der Waals surface area contributed by atoms with Crippen LogP contribution in [0.15, 0.2) is 0 Å². The minimum atomic E-state index is -0.365. The van der Waals surface area contributed by atoms with Crippen LogP contribution in [0.5, 0.6) is 0 Å². The van der Waals surface area contributed by atoms with Gasteiger partial charge < -0.3 is 14.4 Å². The molecule has 1 saturated heterocycles. The fourth-order valence-electron chi connectivity index (χ4n) is 2.96. The van der Waals surface area contributed by atoms with Gasteiger partial charge in [0.15, 0.2) is 0 Å². The van der Waals surface area contributed by atoms with Gasteiger partial charge in [-0.3, -0.25) is 0 Å². The maximum atomic E-state index is 12.0. The van der Waals surface area contributed by atoms with E-state index in [2.05, 4.69) is 14.9 Å². The third-order valence-electron chi connectivity index (χ3n) is 3.83. The summed E-state index contributed by atoms with van der Waals surface area (Å²) in [7, 11) is 1.37. The van der Waals surface area contributed by atoms with Crippen molar-refractivity contribution >= 4 is 44.9 Å². The number of rotatable bonds is 2. The number of nitrogens with zero attached hydrogens (tertiary/aromatic N) is 3. The van der Waals surface area contributed by atoms with Crippen molar-refractivity contribution < 1.29 is 14.3 Å². The van der Waals surface area contributed by atoms with Crippen LogP contribution in [0.1, 0.15) is 29.1 Å². The molecular weight excluding hydrogens is 338 g/mol. The Kier molecular flexibility index (Phi) is 4.44. The fourth-order valence-corrected chi connectivity index (χ4v) is 4.27. The summed E-state index contributed by atoms with van der Waals surface area (Å²) in [5.74, 6) is 0.391. The standard InChI is InChI=1S/C15H18ClN3O3S/c1-7-5-19(6-8(2)22-7)12-10-9(3)11(14(20)21-4)23-13(10)18-15(16)17-12/h7-8H,5-6H2,1-4H3. The van der Waals surface area contributed by atoms with Gasteiger partial charge in [0.25, 0.3) is 0 Å². The number of hydrogen-bond donors (Lipinski definition) is 0. The van der Waals surface area contributed by atoms with Crippen LogP contribution in [-0.2, 0) is 9.47 Å². The number of aryl methyl sites for hydroxylation is 1. The molecule has 1 fully saturated rings. The Morgan fingerprint density at radius 3 is 2.61 bits per heavy atom. The topological polar surface area (TPSA) is 64.5 Å². The molecule has 0 bridgehead atoms. The number of aromatic nitrogens is 2. The zero-order chi connectivity index (χ0) is 16.7. The number of halogens is 1. The number of thiophene rings is 1. The van der Waals surface area contributed by atoms with Crippen molar-refractivity contribution in [1.29, 1.82) is 0 Å². The molecule has 2 atom stereocenters. The molecule has 0 amide bonds. The lowest BCUT2D eigenvalue weighted by Gasteiger charge is -2.36. The second-order valence-corrected chi connectivity index (χ2v) is 7.04. The van der Waals surface area contributed by atoms with Crippen LogP contribution in [0.25, 0.3) is 10.2 Å². The molecule has 0 N–H and O–H groups in total. The van der Waals surface area contributed by atoms with Gasteiger partial charge in [-0.1, -0.05) is 0 Å². The molecule has 23 heavy (non-hydrogen) atoms. The van der Waals surface area contributed by atoms with Crippen LogP contribution in [0, 0.1) is 6.92 Å². The summed E-state index contributed by atoms with van der Waals surface area (Å²) in [4.78, 5) is 24.0. The first-order valence-corrected chi connectivity index (χ1v) is 8.55. The van der Waals surface area contributed by atoms with Crippen molar-refractivity contribution in [3.8, 4) is 0 Å². The molecule has 1 aliphatic heterocycles. The van der Waals surface area contributed by atoms with E-state index in [-0.39, 0.29) is 23.5 Å². The predicted octanol–water partition coefficient (Wildman–Crippen LogP) is 3.05. The molecule has 1 aliphatic rings. The average molecular weight is 356 g/mol. The van der Waals surface area contributed by atoms with Crippen molar-refractivity contribution in [2.75, 3.05) is 25.1 Å². The molecule has 3 rings (SSSR count). The van der Waals surface area contributed by atoms with Crippen molar-refractivity contribution in [2.24, 2.45) is 0 Å². The van der Waals surface area contributed by atoms with Crippen molar-refractivity contribution in [3.63, 3.8) is 0 Å². The molecule has 0 aliphatic carbocycles. The molecule has 6 nitrogen and oxygen atoms in total. The molecule has 124 valence electrons. The molecule has 0 radical (unpaired) electrons. The number of fused-ring (bicyclic) bond motifs is 1. The summed E-state index contributed by atoms with van der Waals surface area (Å²) in [5.41, 5.74) is 0.829. The van der Waals surface area contributed by atoms with E-state index in [1.54, 1.807) is 0 Å². The van der Waals surface area contributed by atoms with E-state index < -0.39 is 0 Å². The van der Waals surface area contributed by atoms with E-state index in [1.807, 2.05) is 20.8 Å². The zero-order valence-corrected chi connectivity index (χ0v) is 15.0. The van der Waals surface area contributed by atoms with E-state index in [0.717, 1.165) is 29.9 Å². The SMILES string of the molecule is COC(=O)c1sc2nc(Cl)nc(N3CC(C)OC(C)C3)c2c1C. The first kappa shape index (κ1) is 16.4. The van der Waals surface area contributed by atoms with Gasteiger partial charge in [0.2, 0.25) is 5.28 Å². The van der Waals surface area contributed by atoms with Gasteiger partial charge in [-0.05, 0) is 37.9 Å². The average Bonchev–Trinajstić information content (AvgIpc) is 2.81. The minimum absolute atomic E-state index is 0.0987. The molecule has 0 aromatic carbocycles. The number of hydrogen-bond acceptors (Lipinski definition) is 7. The van der Waals surface area contributed by atoms with E-state index in [4.69, 9.17) is 21.1 Å². The Hall–Kier alpha value is -1.44.